The van der Waals surface area contributed by atoms with Crippen molar-refractivity contribution in [2.24, 2.45) is 0 Å². The fraction of sp³-hybridized carbons (Fsp3) is 0. The van der Waals surface area contributed by atoms with Gasteiger partial charge in [0.1, 0.15) is 10.5 Å². The minimum absolute atomic E-state index is 0.0785. The van der Waals surface area contributed by atoms with Gasteiger partial charge in [-0.05, 0) is 78.4 Å². The lowest BCUT2D eigenvalue weighted by Gasteiger charge is -2.12. The summed E-state index contributed by atoms with van der Waals surface area (Å²) in [5.74, 6) is -6.22. The molecule has 0 aliphatic carbocycles. The molecular weight excluding hydrogens is 649 g/mol. The van der Waals surface area contributed by atoms with Crippen LogP contribution in [0.25, 0.3) is 86.8 Å². The number of para-hydroxylation sites is 3. The highest BCUT2D eigenvalue weighted by atomic mass is 32.1. The van der Waals surface area contributed by atoms with Gasteiger partial charge in [-0.3, -0.25) is 0 Å². The molecule has 0 aliphatic heterocycles. The lowest BCUT2D eigenvalue weighted by Crippen LogP contribution is -2.00. The van der Waals surface area contributed by atoms with Crippen LogP contribution in [0.15, 0.2) is 114 Å². The van der Waals surface area contributed by atoms with Gasteiger partial charge in [0, 0.05) is 27.6 Å². The van der Waals surface area contributed by atoms with E-state index in [1.807, 2.05) is 83.4 Å². The minimum Gasteiger partial charge on any atom is -0.436 e. The largest absolute Gasteiger partial charge is 0.436 e. The molecule has 0 atom stereocenters. The molecule has 0 bridgehead atoms. The predicted octanol–water partition coefficient (Wildman–Crippen LogP) is 11.6. The van der Waals surface area contributed by atoms with Gasteiger partial charge in [-0.15, -0.1) is 11.3 Å². The number of thiazole rings is 1. The lowest BCUT2D eigenvalue weighted by atomic mass is 10.0. The number of fused-ring (bicyclic) bond motifs is 5. The van der Waals surface area contributed by atoms with E-state index in [-0.39, 0.29) is 5.56 Å². The van der Waals surface area contributed by atoms with Gasteiger partial charge in [-0.1, -0.05) is 36.4 Å². The first-order valence-electron chi connectivity index (χ1n) is 15.0. The number of oxazole rings is 1. The van der Waals surface area contributed by atoms with Gasteiger partial charge >= 0.3 is 0 Å². The molecule has 49 heavy (non-hydrogen) atoms. The number of nitrogens with zero attached hydrogens (tertiary/aromatic N) is 4. The summed E-state index contributed by atoms with van der Waals surface area (Å²) in [6, 6.07) is 33.5. The summed E-state index contributed by atoms with van der Waals surface area (Å²) in [5.41, 5.74) is 4.11. The SMILES string of the molecule is [C-]#[N+]c1c(F)c(F)c(-c2ccc(-n3c4ccc(-c5nc6ccccc6o5)cc4c4cc(-c5nc6ccccc6s5)ccc43)cc2)c(F)c1F. The molecule has 0 N–H and O–H groups in total. The maximum absolute atomic E-state index is 14.9. The Kier molecular flexibility index (Phi) is 6.41. The normalized spacial score (nSPS) is 11.7. The van der Waals surface area contributed by atoms with Crippen LogP contribution >= 0.6 is 11.3 Å². The topological polar surface area (TPSA) is 48.2 Å². The van der Waals surface area contributed by atoms with Crippen molar-refractivity contribution < 1.29 is 22.0 Å². The van der Waals surface area contributed by atoms with Gasteiger partial charge in [-0.2, -0.15) is 0 Å². The molecule has 0 radical (unpaired) electrons. The van der Waals surface area contributed by atoms with Gasteiger partial charge < -0.3 is 8.98 Å². The van der Waals surface area contributed by atoms with Crippen LogP contribution in [0.3, 0.4) is 0 Å². The lowest BCUT2D eigenvalue weighted by molar-refractivity contribution is 0.465. The molecule has 234 valence electrons. The van der Waals surface area contributed by atoms with E-state index in [9.17, 15) is 17.6 Å². The zero-order chi connectivity index (χ0) is 33.4. The van der Waals surface area contributed by atoms with Crippen molar-refractivity contribution in [1.82, 2.24) is 14.5 Å². The standard InChI is InChI=1S/C39H18F4N4OS/c1-44-37-35(42)33(40)32(34(41)36(37)43)20-10-14-23(15-11-20)47-28-16-12-21(38-45-26-6-2-4-8-30(26)48-38)18-24(28)25-19-22(13-17-29(25)47)39-46-27-7-3-5-9-31(27)49-39/h2-19H. The predicted molar refractivity (Wildman–Crippen MR) is 184 cm³/mol. The molecule has 0 amide bonds. The van der Waals surface area contributed by atoms with Crippen molar-refractivity contribution in [2.75, 3.05) is 0 Å². The van der Waals surface area contributed by atoms with Crippen LogP contribution in [0.5, 0.6) is 0 Å². The molecule has 10 heteroatoms. The second kappa shape index (κ2) is 10.9. The monoisotopic (exact) mass is 666 g/mol. The van der Waals surface area contributed by atoms with Crippen molar-refractivity contribution in [2.45, 2.75) is 0 Å². The Bertz CT molecular complexity index is 2620. The van der Waals surface area contributed by atoms with Crippen molar-refractivity contribution in [3.8, 4) is 38.8 Å². The Labute approximate surface area is 278 Å². The van der Waals surface area contributed by atoms with Crippen LogP contribution in [0, 0.1) is 29.8 Å². The summed E-state index contributed by atoms with van der Waals surface area (Å²) in [5, 5.41) is 2.69. The second-order valence-electron chi connectivity index (χ2n) is 11.4. The number of aromatic nitrogens is 3. The van der Waals surface area contributed by atoms with Gasteiger partial charge in [0.15, 0.2) is 28.9 Å². The van der Waals surface area contributed by atoms with Crippen LogP contribution in [0.2, 0.25) is 0 Å². The molecule has 6 aromatic carbocycles. The van der Waals surface area contributed by atoms with Crippen LogP contribution in [0.4, 0.5) is 23.2 Å². The molecule has 5 nitrogen and oxygen atoms in total. The van der Waals surface area contributed by atoms with E-state index >= 15 is 0 Å². The van der Waals surface area contributed by atoms with E-state index in [0.717, 1.165) is 53.7 Å². The molecule has 0 aliphatic rings. The summed E-state index contributed by atoms with van der Waals surface area (Å²) in [7, 11) is 0. The van der Waals surface area contributed by atoms with Crippen molar-refractivity contribution in [3.63, 3.8) is 0 Å². The van der Waals surface area contributed by atoms with Crippen LogP contribution in [-0.4, -0.2) is 14.5 Å². The minimum atomic E-state index is -1.73. The summed E-state index contributed by atoms with van der Waals surface area (Å²) in [6.07, 6.45) is 0. The first-order valence-corrected chi connectivity index (χ1v) is 15.9. The van der Waals surface area contributed by atoms with E-state index in [2.05, 4.69) is 15.9 Å². The highest BCUT2D eigenvalue weighted by molar-refractivity contribution is 7.21. The summed E-state index contributed by atoms with van der Waals surface area (Å²) in [4.78, 5) is 12.2. The molecule has 9 aromatic rings. The summed E-state index contributed by atoms with van der Waals surface area (Å²) in [6.45, 7) is 6.91. The molecule has 0 saturated heterocycles. The smallest absolute Gasteiger partial charge is 0.262 e. The Balaban J connectivity index is 1.23. The Hall–Kier alpha value is -6.31. The Morgan fingerprint density at radius 1 is 0.633 bits per heavy atom. The van der Waals surface area contributed by atoms with Crippen molar-refractivity contribution >= 4 is 60.1 Å². The van der Waals surface area contributed by atoms with E-state index in [1.54, 1.807) is 23.5 Å². The second-order valence-corrected chi connectivity index (χ2v) is 12.4. The number of hydrogen-bond acceptors (Lipinski definition) is 4. The van der Waals surface area contributed by atoms with Crippen molar-refractivity contribution in [1.29, 1.82) is 0 Å². The average molecular weight is 667 g/mol. The maximum atomic E-state index is 14.9. The Morgan fingerprint density at radius 2 is 1.24 bits per heavy atom. The van der Waals surface area contributed by atoms with E-state index < -0.39 is 34.5 Å². The molecule has 0 unspecified atom stereocenters. The van der Waals surface area contributed by atoms with E-state index in [0.29, 0.717) is 17.2 Å². The first-order chi connectivity index (χ1) is 23.9. The number of halogens is 4. The molecule has 3 heterocycles. The third-order valence-corrected chi connectivity index (χ3v) is 9.70. The third-order valence-electron chi connectivity index (χ3n) is 8.61. The molecular formula is C39H18F4N4OS. The van der Waals surface area contributed by atoms with Gasteiger partial charge in [0.25, 0.3) is 5.69 Å². The summed E-state index contributed by atoms with van der Waals surface area (Å²) >= 11 is 1.60. The van der Waals surface area contributed by atoms with Gasteiger partial charge in [0.05, 0.1) is 33.4 Å². The number of hydrogen-bond donors (Lipinski definition) is 0. The molecule has 3 aromatic heterocycles. The Morgan fingerprint density at radius 3 is 1.92 bits per heavy atom. The van der Waals surface area contributed by atoms with Gasteiger partial charge in [0.2, 0.25) is 5.89 Å². The maximum Gasteiger partial charge on any atom is 0.262 e. The van der Waals surface area contributed by atoms with Crippen molar-refractivity contribution in [3.05, 3.63) is 144 Å². The average Bonchev–Trinajstić information content (AvgIpc) is 3.85. The quantitative estimate of drug-likeness (QED) is 0.107. The van der Waals surface area contributed by atoms with Gasteiger partial charge in [-0.25, -0.2) is 32.4 Å². The highest BCUT2D eigenvalue weighted by Crippen LogP contribution is 2.40. The van der Waals surface area contributed by atoms with Crippen LogP contribution in [-0.2, 0) is 0 Å². The zero-order valence-electron chi connectivity index (χ0n) is 25.0. The number of benzene rings is 6. The van der Waals surface area contributed by atoms with Crippen LogP contribution in [0.1, 0.15) is 0 Å². The number of rotatable bonds is 4. The molecule has 0 fully saturated rings. The molecule has 9 rings (SSSR count). The van der Waals surface area contributed by atoms with E-state index in [4.69, 9.17) is 16.0 Å². The third kappa shape index (κ3) is 4.43. The fourth-order valence-corrected chi connectivity index (χ4v) is 7.27. The first kappa shape index (κ1) is 28.9. The zero-order valence-corrected chi connectivity index (χ0v) is 25.8. The van der Waals surface area contributed by atoms with Crippen LogP contribution < -0.4 is 0 Å². The van der Waals surface area contributed by atoms with E-state index in [1.165, 1.54) is 12.1 Å². The summed E-state index contributed by atoms with van der Waals surface area (Å²) < 4.78 is 67.9. The molecule has 0 saturated carbocycles. The highest BCUT2D eigenvalue weighted by Gasteiger charge is 2.27. The molecule has 0 spiro atoms. The fourth-order valence-electron chi connectivity index (χ4n) is 6.31.